The summed E-state index contributed by atoms with van der Waals surface area (Å²) in [5.74, 6) is 0. The summed E-state index contributed by atoms with van der Waals surface area (Å²) in [4.78, 5) is 0. The third-order valence-corrected chi connectivity index (χ3v) is 2.16. The van der Waals surface area contributed by atoms with Crippen LogP contribution >= 0.6 is 12.2 Å². The number of nitrogens with one attached hydrogen (secondary N) is 2. The van der Waals surface area contributed by atoms with E-state index in [0.29, 0.717) is 10.8 Å². The average molecular weight is 296 g/mol. The Morgan fingerprint density at radius 3 is 2.89 bits per heavy atom. The fraction of sp³-hybridized carbons (Fsp3) is 0.600. The number of hydrogen-bond acceptors (Lipinski definition) is 3. The molecule has 108 valence electrons. The van der Waals surface area contributed by atoms with Crippen molar-refractivity contribution >= 4 is 23.0 Å². The van der Waals surface area contributed by atoms with Crippen LogP contribution < -0.4 is 10.6 Å². The Balaban J connectivity index is 2.34. The minimum Gasteiger partial charge on any atom is -0.362 e. The summed E-state index contributed by atoms with van der Waals surface area (Å²) in [5, 5.41) is 10.1. The van der Waals surface area contributed by atoms with Crippen molar-refractivity contribution in [3.63, 3.8) is 0 Å². The number of halogens is 3. The second-order valence-corrected chi connectivity index (χ2v) is 4.15. The Bertz CT molecular complexity index is 408. The van der Waals surface area contributed by atoms with Crippen molar-refractivity contribution in [1.82, 2.24) is 15.1 Å². The van der Waals surface area contributed by atoms with Gasteiger partial charge in [-0.1, -0.05) is 6.92 Å². The number of ether oxygens (including phenoxy) is 1. The van der Waals surface area contributed by atoms with Gasteiger partial charge in [0.25, 0.3) is 0 Å². The average Bonchev–Trinajstić information content (AvgIpc) is 2.72. The summed E-state index contributed by atoms with van der Waals surface area (Å²) < 4.78 is 41.3. The van der Waals surface area contributed by atoms with Crippen molar-refractivity contribution in [2.24, 2.45) is 0 Å². The van der Waals surface area contributed by atoms with Crippen molar-refractivity contribution in [3.05, 3.63) is 12.4 Å². The molecule has 0 amide bonds. The van der Waals surface area contributed by atoms with E-state index in [0.717, 1.165) is 13.0 Å². The van der Waals surface area contributed by atoms with Crippen molar-refractivity contribution < 1.29 is 17.9 Å². The van der Waals surface area contributed by atoms with Crippen molar-refractivity contribution in [2.75, 3.05) is 18.5 Å². The molecule has 0 aliphatic carbocycles. The normalized spacial score (nSPS) is 11.4. The van der Waals surface area contributed by atoms with Crippen LogP contribution in [0.25, 0.3) is 0 Å². The maximum atomic E-state index is 11.9. The minimum absolute atomic E-state index is 0.268. The highest BCUT2D eigenvalue weighted by Gasteiger charge is 2.27. The van der Waals surface area contributed by atoms with Crippen molar-refractivity contribution in [3.8, 4) is 0 Å². The number of alkyl halides is 3. The lowest BCUT2D eigenvalue weighted by Crippen LogP contribution is -2.28. The lowest BCUT2D eigenvalue weighted by Gasteiger charge is -2.08. The molecule has 1 aromatic rings. The summed E-state index contributed by atoms with van der Waals surface area (Å²) in [7, 11) is 0. The maximum Gasteiger partial charge on any atom is 0.411 e. The fourth-order valence-electron chi connectivity index (χ4n) is 1.17. The smallest absolute Gasteiger partial charge is 0.362 e. The monoisotopic (exact) mass is 296 g/mol. The van der Waals surface area contributed by atoms with Gasteiger partial charge in [-0.05, 0) is 18.6 Å². The largest absolute Gasteiger partial charge is 0.411 e. The van der Waals surface area contributed by atoms with Crippen LogP contribution in [0.4, 0.5) is 18.9 Å². The number of thiocarbonyl (C=S) groups is 1. The van der Waals surface area contributed by atoms with Gasteiger partial charge in [-0.2, -0.15) is 18.3 Å². The van der Waals surface area contributed by atoms with Gasteiger partial charge in [0.05, 0.1) is 18.1 Å². The van der Waals surface area contributed by atoms with E-state index in [1.54, 1.807) is 0 Å². The Kier molecular flexibility index (Phi) is 6.03. The molecular formula is C10H15F3N4OS. The van der Waals surface area contributed by atoms with E-state index in [1.165, 1.54) is 17.1 Å². The first-order valence-electron chi connectivity index (χ1n) is 5.62. The molecule has 0 saturated heterocycles. The molecule has 0 aromatic carbocycles. The Labute approximate surface area is 114 Å². The van der Waals surface area contributed by atoms with Crippen molar-refractivity contribution in [2.45, 2.75) is 26.3 Å². The van der Waals surface area contributed by atoms with Crippen LogP contribution in [0.2, 0.25) is 0 Å². The van der Waals surface area contributed by atoms with E-state index in [-0.39, 0.29) is 6.73 Å². The van der Waals surface area contributed by atoms with Crippen LogP contribution in [0.5, 0.6) is 0 Å². The molecule has 1 aromatic heterocycles. The third-order valence-electron chi connectivity index (χ3n) is 1.92. The Hall–Kier alpha value is -1.35. The topological polar surface area (TPSA) is 51.1 Å². The number of aromatic nitrogens is 2. The second-order valence-electron chi connectivity index (χ2n) is 3.74. The molecule has 2 N–H and O–H groups in total. The number of nitrogens with zero attached hydrogens (tertiary/aromatic N) is 2. The Morgan fingerprint density at radius 2 is 2.26 bits per heavy atom. The molecule has 0 radical (unpaired) electrons. The molecule has 0 fully saturated rings. The molecule has 0 bridgehead atoms. The zero-order chi connectivity index (χ0) is 14.3. The Morgan fingerprint density at radius 1 is 1.53 bits per heavy atom. The zero-order valence-electron chi connectivity index (χ0n) is 10.3. The molecule has 9 heteroatoms. The predicted molar refractivity (Wildman–Crippen MR) is 68.7 cm³/mol. The molecule has 0 saturated carbocycles. The van der Waals surface area contributed by atoms with E-state index in [9.17, 15) is 13.2 Å². The summed E-state index contributed by atoms with van der Waals surface area (Å²) >= 11 is 5.01. The van der Waals surface area contributed by atoms with Gasteiger partial charge in [0.2, 0.25) is 0 Å². The van der Waals surface area contributed by atoms with Gasteiger partial charge in [-0.15, -0.1) is 0 Å². The van der Waals surface area contributed by atoms with Crippen LogP contribution in [0.1, 0.15) is 13.3 Å². The maximum absolute atomic E-state index is 11.9. The van der Waals surface area contributed by atoms with Crippen LogP contribution in [0, 0.1) is 0 Å². The molecule has 0 unspecified atom stereocenters. The minimum atomic E-state index is -4.33. The van der Waals surface area contributed by atoms with Crippen molar-refractivity contribution in [1.29, 1.82) is 0 Å². The number of anilines is 1. The quantitative estimate of drug-likeness (QED) is 0.788. The molecule has 1 heterocycles. The highest BCUT2D eigenvalue weighted by atomic mass is 32.1. The molecule has 0 aliphatic heterocycles. The molecule has 0 aliphatic rings. The van der Waals surface area contributed by atoms with Crippen LogP contribution in [0.15, 0.2) is 12.4 Å². The van der Waals surface area contributed by atoms with Gasteiger partial charge in [0, 0.05) is 6.54 Å². The van der Waals surface area contributed by atoms with E-state index in [4.69, 9.17) is 12.2 Å². The SMILES string of the molecule is CCCNC(=S)Nc1cnn(COCC(F)(F)F)c1. The van der Waals surface area contributed by atoms with Gasteiger partial charge in [-0.3, -0.25) is 0 Å². The lowest BCUT2D eigenvalue weighted by atomic mass is 10.5. The zero-order valence-corrected chi connectivity index (χ0v) is 11.1. The van der Waals surface area contributed by atoms with Gasteiger partial charge >= 0.3 is 6.18 Å². The molecular weight excluding hydrogens is 281 g/mol. The lowest BCUT2D eigenvalue weighted by molar-refractivity contribution is -0.182. The van der Waals surface area contributed by atoms with Crippen LogP contribution in [-0.2, 0) is 11.5 Å². The van der Waals surface area contributed by atoms with Gasteiger partial charge in [0.1, 0.15) is 13.3 Å². The first kappa shape index (κ1) is 15.7. The predicted octanol–water partition coefficient (Wildman–Crippen LogP) is 2.12. The number of hydrogen-bond donors (Lipinski definition) is 2. The fourth-order valence-corrected chi connectivity index (χ4v) is 1.39. The first-order valence-corrected chi connectivity index (χ1v) is 6.03. The number of rotatable bonds is 6. The van der Waals surface area contributed by atoms with Gasteiger partial charge in [-0.25, -0.2) is 4.68 Å². The molecule has 19 heavy (non-hydrogen) atoms. The highest BCUT2D eigenvalue weighted by molar-refractivity contribution is 7.80. The summed E-state index contributed by atoms with van der Waals surface area (Å²) in [6, 6.07) is 0. The van der Waals surface area contributed by atoms with Crippen LogP contribution in [0.3, 0.4) is 0 Å². The standard InChI is InChI=1S/C10H15F3N4OS/c1-2-3-14-9(19)16-8-4-15-17(5-8)7-18-6-10(11,12)13/h4-5H,2-3,6-7H2,1H3,(H2,14,16,19). The third kappa shape index (κ3) is 6.97. The van der Waals surface area contributed by atoms with Gasteiger partial charge in [0.15, 0.2) is 5.11 Å². The van der Waals surface area contributed by atoms with E-state index in [1.807, 2.05) is 6.92 Å². The second kappa shape index (κ2) is 7.29. The molecule has 1 rings (SSSR count). The summed E-state index contributed by atoms with van der Waals surface area (Å²) in [5.41, 5.74) is 0.587. The van der Waals surface area contributed by atoms with Gasteiger partial charge < -0.3 is 15.4 Å². The summed E-state index contributed by atoms with van der Waals surface area (Å²) in [6.07, 6.45) is -0.431. The van der Waals surface area contributed by atoms with E-state index >= 15 is 0 Å². The highest BCUT2D eigenvalue weighted by Crippen LogP contribution is 2.14. The van der Waals surface area contributed by atoms with E-state index < -0.39 is 12.8 Å². The molecule has 0 atom stereocenters. The van der Waals surface area contributed by atoms with E-state index in [2.05, 4.69) is 20.5 Å². The first-order chi connectivity index (χ1) is 8.90. The summed E-state index contributed by atoms with van der Waals surface area (Å²) in [6.45, 7) is 1.18. The molecule has 0 spiro atoms. The van der Waals surface area contributed by atoms with Crippen LogP contribution in [-0.4, -0.2) is 34.2 Å². The molecule has 5 nitrogen and oxygen atoms in total.